The molecule has 1 aliphatic carbocycles. The Balaban J connectivity index is 1.55. The van der Waals surface area contributed by atoms with E-state index in [-0.39, 0.29) is 11.3 Å². The molecule has 0 aromatic heterocycles. The highest BCUT2D eigenvalue weighted by atomic mass is 16.1. The van der Waals surface area contributed by atoms with Crippen molar-refractivity contribution in [2.45, 2.75) is 25.2 Å². The first kappa shape index (κ1) is 14.5. The van der Waals surface area contributed by atoms with Gasteiger partial charge in [-0.05, 0) is 37.3 Å². The van der Waals surface area contributed by atoms with Crippen LogP contribution in [0.2, 0.25) is 0 Å². The van der Waals surface area contributed by atoms with Crippen LogP contribution in [-0.2, 0) is 4.79 Å². The van der Waals surface area contributed by atoms with Crippen molar-refractivity contribution in [1.29, 1.82) is 0 Å². The van der Waals surface area contributed by atoms with Crippen LogP contribution in [0.4, 0.5) is 0 Å². The van der Waals surface area contributed by atoms with Crippen LogP contribution in [0, 0.1) is 5.41 Å². The Labute approximate surface area is 126 Å². The van der Waals surface area contributed by atoms with Crippen molar-refractivity contribution >= 4 is 5.91 Å². The average Bonchev–Trinajstić information content (AvgIpc) is 3.25. The quantitative estimate of drug-likeness (QED) is 0.830. The summed E-state index contributed by atoms with van der Waals surface area (Å²) in [5, 5.41) is 3.36. The Morgan fingerprint density at radius 2 is 2.00 bits per heavy atom. The van der Waals surface area contributed by atoms with E-state index in [4.69, 9.17) is 5.73 Å². The highest BCUT2D eigenvalue weighted by Gasteiger charge is 2.58. The second-order valence-corrected chi connectivity index (χ2v) is 6.38. The summed E-state index contributed by atoms with van der Waals surface area (Å²) >= 11 is 0. The molecule has 0 spiro atoms. The van der Waals surface area contributed by atoms with E-state index in [0.29, 0.717) is 5.92 Å². The van der Waals surface area contributed by atoms with Gasteiger partial charge in [0.15, 0.2) is 0 Å². The predicted octanol–water partition coefficient (Wildman–Crippen LogP) is 1.33. The molecule has 2 aliphatic rings. The zero-order valence-electron chi connectivity index (χ0n) is 12.6. The molecule has 1 aromatic carbocycles. The van der Waals surface area contributed by atoms with Gasteiger partial charge >= 0.3 is 0 Å². The highest BCUT2D eigenvalue weighted by Crippen LogP contribution is 2.61. The summed E-state index contributed by atoms with van der Waals surface area (Å²) in [6.45, 7) is 5.47. The number of hydrogen-bond acceptors (Lipinski definition) is 3. The minimum absolute atomic E-state index is 0.114. The summed E-state index contributed by atoms with van der Waals surface area (Å²) < 4.78 is 0. The molecule has 2 atom stereocenters. The molecule has 0 radical (unpaired) electrons. The fourth-order valence-electron chi connectivity index (χ4n) is 3.65. The third-order valence-corrected chi connectivity index (χ3v) is 5.07. The van der Waals surface area contributed by atoms with Gasteiger partial charge in [-0.3, -0.25) is 4.79 Å². The lowest BCUT2D eigenvalue weighted by Gasteiger charge is -2.27. The van der Waals surface area contributed by atoms with E-state index in [1.165, 1.54) is 5.56 Å². The van der Waals surface area contributed by atoms with Crippen LogP contribution in [0.5, 0.6) is 0 Å². The summed E-state index contributed by atoms with van der Waals surface area (Å²) in [4.78, 5) is 14.4. The molecular formula is C17H25N3O. The maximum absolute atomic E-state index is 11.9. The van der Waals surface area contributed by atoms with Crippen LogP contribution < -0.4 is 11.1 Å². The average molecular weight is 287 g/mol. The van der Waals surface area contributed by atoms with Crippen molar-refractivity contribution in [2.24, 2.45) is 11.1 Å². The molecule has 2 unspecified atom stereocenters. The number of hydrogen-bond donors (Lipinski definition) is 2. The summed E-state index contributed by atoms with van der Waals surface area (Å²) in [7, 11) is 0. The number of nitrogens with one attached hydrogen (secondary N) is 1. The molecule has 4 heteroatoms. The van der Waals surface area contributed by atoms with E-state index >= 15 is 0 Å². The van der Waals surface area contributed by atoms with Gasteiger partial charge in [-0.2, -0.15) is 0 Å². The monoisotopic (exact) mass is 287 g/mol. The van der Waals surface area contributed by atoms with E-state index < -0.39 is 0 Å². The molecule has 1 aromatic rings. The molecule has 0 bridgehead atoms. The molecule has 1 aliphatic heterocycles. The molecule has 3 N–H and O–H groups in total. The zero-order chi connectivity index (χ0) is 14.7. The van der Waals surface area contributed by atoms with Gasteiger partial charge in [-0.1, -0.05) is 30.3 Å². The maximum atomic E-state index is 11.9. The van der Waals surface area contributed by atoms with Crippen molar-refractivity contribution < 1.29 is 4.79 Å². The van der Waals surface area contributed by atoms with Crippen molar-refractivity contribution in [2.75, 3.05) is 32.7 Å². The van der Waals surface area contributed by atoms with E-state index in [0.717, 1.165) is 52.0 Å². The lowest BCUT2D eigenvalue weighted by atomic mass is 9.93. The van der Waals surface area contributed by atoms with Crippen molar-refractivity contribution in [3.63, 3.8) is 0 Å². The third-order valence-electron chi connectivity index (χ3n) is 5.07. The largest absolute Gasteiger partial charge is 0.369 e. The van der Waals surface area contributed by atoms with E-state index in [1.807, 2.05) is 18.2 Å². The van der Waals surface area contributed by atoms with Gasteiger partial charge in [-0.15, -0.1) is 0 Å². The number of rotatable bonds is 6. The molecule has 114 valence electrons. The van der Waals surface area contributed by atoms with Crippen LogP contribution >= 0.6 is 0 Å². The van der Waals surface area contributed by atoms with Crippen LogP contribution in [0.3, 0.4) is 0 Å². The van der Waals surface area contributed by atoms with E-state index in [9.17, 15) is 4.79 Å². The Bertz CT molecular complexity index is 484. The number of nitrogens with two attached hydrogens (primary N) is 1. The third kappa shape index (κ3) is 3.11. The standard InChI is InChI=1S/C17H25N3O/c18-16(21)17(7-4-10-20-11-8-19-9-12-20)13-15(17)14-5-2-1-3-6-14/h1-3,5-6,15,19H,4,7-13H2,(H2,18,21). The predicted molar refractivity (Wildman–Crippen MR) is 84.0 cm³/mol. The van der Waals surface area contributed by atoms with Crippen LogP contribution in [0.25, 0.3) is 0 Å². The first-order chi connectivity index (χ1) is 10.2. The molecular weight excluding hydrogens is 262 g/mol. The second kappa shape index (κ2) is 6.16. The first-order valence-electron chi connectivity index (χ1n) is 8.00. The van der Waals surface area contributed by atoms with Crippen molar-refractivity contribution in [3.05, 3.63) is 35.9 Å². The van der Waals surface area contributed by atoms with E-state index in [2.05, 4.69) is 22.3 Å². The summed E-state index contributed by atoms with van der Waals surface area (Å²) in [5.74, 6) is 0.218. The number of piperazine rings is 1. The van der Waals surface area contributed by atoms with Gasteiger partial charge in [0.05, 0.1) is 5.41 Å². The number of nitrogens with zero attached hydrogens (tertiary/aromatic N) is 1. The molecule has 1 saturated carbocycles. The van der Waals surface area contributed by atoms with Crippen LogP contribution in [-0.4, -0.2) is 43.5 Å². The first-order valence-corrected chi connectivity index (χ1v) is 8.00. The van der Waals surface area contributed by atoms with Gasteiger partial charge in [0.1, 0.15) is 0 Å². The molecule has 1 amide bonds. The highest BCUT2D eigenvalue weighted by molar-refractivity contribution is 5.85. The summed E-state index contributed by atoms with van der Waals surface area (Å²) in [6, 6.07) is 10.3. The topological polar surface area (TPSA) is 58.4 Å². The van der Waals surface area contributed by atoms with Gasteiger partial charge in [0, 0.05) is 26.2 Å². The minimum atomic E-state index is -0.282. The van der Waals surface area contributed by atoms with Gasteiger partial charge in [-0.25, -0.2) is 0 Å². The molecule has 3 rings (SSSR count). The molecule has 4 nitrogen and oxygen atoms in total. The van der Waals surface area contributed by atoms with Crippen molar-refractivity contribution in [3.8, 4) is 0 Å². The van der Waals surface area contributed by atoms with Gasteiger partial charge < -0.3 is 16.0 Å². The molecule has 2 fully saturated rings. The zero-order valence-corrected chi connectivity index (χ0v) is 12.6. The molecule has 21 heavy (non-hydrogen) atoms. The number of primary amides is 1. The maximum Gasteiger partial charge on any atom is 0.224 e. The Morgan fingerprint density at radius 1 is 1.29 bits per heavy atom. The molecule has 1 heterocycles. The summed E-state index contributed by atoms with van der Waals surface area (Å²) in [5.41, 5.74) is 6.70. The summed E-state index contributed by atoms with van der Waals surface area (Å²) in [6.07, 6.45) is 2.91. The minimum Gasteiger partial charge on any atom is -0.369 e. The molecule has 1 saturated heterocycles. The number of amides is 1. The second-order valence-electron chi connectivity index (χ2n) is 6.38. The smallest absolute Gasteiger partial charge is 0.224 e. The Kier molecular flexibility index (Phi) is 4.27. The van der Waals surface area contributed by atoms with E-state index in [1.54, 1.807) is 0 Å². The van der Waals surface area contributed by atoms with Crippen molar-refractivity contribution in [1.82, 2.24) is 10.2 Å². The van der Waals surface area contributed by atoms with Crippen LogP contribution in [0.1, 0.15) is 30.7 Å². The van der Waals surface area contributed by atoms with Crippen LogP contribution in [0.15, 0.2) is 30.3 Å². The van der Waals surface area contributed by atoms with Gasteiger partial charge in [0.2, 0.25) is 5.91 Å². The number of carbonyl (C=O) groups excluding carboxylic acids is 1. The SMILES string of the molecule is NC(=O)C1(CCCN2CCNCC2)CC1c1ccccc1. The Hall–Kier alpha value is -1.39. The Morgan fingerprint density at radius 3 is 2.67 bits per heavy atom. The number of carbonyl (C=O) groups is 1. The lowest BCUT2D eigenvalue weighted by molar-refractivity contribution is -0.123. The lowest BCUT2D eigenvalue weighted by Crippen LogP contribution is -2.44. The fourth-order valence-corrected chi connectivity index (χ4v) is 3.65. The fraction of sp³-hybridized carbons (Fsp3) is 0.588. The van der Waals surface area contributed by atoms with Gasteiger partial charge in [0.25, 0.3) is 0 Å². The number of benzene rings is 1. The normalized spacial score (nSPS) is 29.2.